The lowest BCUT2D eigenvalue weighted by Crippen LogP contribution is -2.38. The van der Waals surface area contributed by atoms with E-state index in [1.807, 2.05) is 6.92 Å². The first-order valence-electron chi connectivity index (χ1n) is 5.53. The van der Waals surface area contributed by atoms with E-state index in [0.717, 1.165) is 0 Å². The van der Waals surface area contributed by atoms with Crippen LogP contribution in [0.4, 0.5) is 0 Å². The van der Waals surface area contributed by atoms with Gasteiger partial charge in [-0.2, -0.15) is 0 Å². The van der Waals surface area contributed by atoms with E-state index < -0.39 is 5.97 Å². The number of carbonyl (C=O) groups excluding carboxylic acids is 2. The Balaban J connectivity index is 3.76. The Hall–Kier alpha value is -1.59. The number of hydrogen-bond donors (Lipinski definition) is 2. The van der Waals surface area contributed by atoms with Crippen LogP contribution in [0.1, 0.15) is 26.7 Å². The summed E-state index contributed by atoms with van der Waals surface area (Å²) >= 11 is 0. The van der Waals surface area contributed by atoms with Crippen molar-refractivity contribution in [2.45, 2.75) is 26.7 Å². The zero-order chi connectivity index (χ0) is 13.4. The van der Waals surface area contributed by atoms with Crippen molar-refractivity contribution in [3.8, 4) is 0 Å². The van der Waals surface area contributed by atoms with Crippen LogP contribution in [-0.2, 0) is 14.4 Å². The maximum Gasteiger partial charge on any atom is 0.303 e. The monoisotopic (exact) mass is 244 g/mol. The molecule has 0 bridgehead atoms. The van der Waals surface area contributed by atoms with Gasteiger partial charge >= 0.3 is 5.97 Å². The smallest absolute Gasteiger partial charge is 0.303 e. The lowest BCUT2D eigenvalue weighted by atomic mass is 10.1. The molecule has 0 aromatic rings. The molecule has 0 aliphatic heterocycles. The Morgan fingerprint density at radius 2 is 1.94 bits per heavy atom. The van der Waals surface area contributed by atoms with Gasteiger partial charge in [-0.1, -0.05) is 6.92 Å². The average molecular weight is 244 g/mol. The molecular weight excluding hydrogens is 224 g/mol. The molecular formula is C11H20N2O4. The molecule has 98 valence electrons. The molecule has 2 amide bonds. The summed E-state index contributed by atoms with van der Waals surface area (Å²) in [7, 11) is 1.55. The highest BCUT2D eigenvalue weighted by Gasteiger charge is 2.10. The Labute approximate surface area is 101 Å². The van der Waals surface area contributed by atoms with Gasteiger partial charge in [-0.05, 0) is 12.3 Å². The summed E-state index contributed by atoms with van der Waals surface area (Å²) in [6.45, 7) is 3.72. The molecule has 1 atom stereocenters. The van der Waals surface area contributed by atoms with Crippen molar-refractivity contribution >= 4 is 17.8 Å². The number of carboxylic acids is 1. The number of nitrogens with zero attached hydrogens (tertiary/aromatic N) is 1. The first-order valence-corrected chi connectivity index (χ1v) is 5.53. The summed E-state index contributed by atoms with van der Waals surface area (Å²) < 4.78 is 0. The van der Waals surface area contributed by atoms with Crippen LogP contribution in [0.25, 0.3) is 0 Å². The summed E-state index contributed by atoms with van der Waals surface area (Å²) in [4.78, 5) is 33.9. The van der Waals surface area contributed by atoms with Crippen molar-refractivity contribution in [1.82, 2.24) is 10.2 Å². The Bertz CT molecular complexity index is 291. The van der Waals surface area contributed by atoms with Crippen LogP contribution in [0.2, 0.25) is 0 Å². The van der Waals surface area contributed by atoms with Crippen LogP contribution in [-0.4, -0.2) is 47.9 Å². The molecule has 0 saturated carbocycles. The third-order valence-electron chi connectivity index (χ3n) is 2.42. The van der Waals surface area contributed by atoms with Gasteiger partial charge in [-0.25, -0.2) is 0 Å². The van der Waals surface area contributed by atoms with Gasteiger partial charge < -0.3 is 15.3 Å². The van der Waals surface area contributed by atoms with Crippen molar-refractivity contribution < 1.29 is 19.5 Å². The molecule has 0 saturated heterocycles. The summed E-state index contributed by atoms with van der Waals surface area (Å²) in [6, 6.07) is 0. The molecule has 6 heteroatoms. The van der Waals surface area contributed by atoms with Crippen molar-refractivity contribution in [2.24, 2.45) is 5.92 Å². The molecule has 0 fully saturated rings. The average Bonchev–Trinajstić information content (AvgIpc) is 2.23. The van der Waals surface area contributed by atoms with Crippen LogP contribution in [0.3, 0.4) is 0 Å². The van der Waals surface area contributed by atoms with Crippen molar-refractivity contribution in [2.75, 3.05) is 20.1 Å². The van der Waals surface area contributed by atoms with Crippen LogP contribution in [0.15, 0.2) is 0 Å². The molecule has 0 radical (unpaired) electrons. The zero-order valence-electron chi connectivity index (χ0n) is 10.5. The standard InChI is InChI=1S/C11H20N2O4/c1-8(4-5-11(16)17)6-12-10(15)7-13(3)9(2)14/h8H,4-7H2,1-3H3,(H,12,15)(H,16,17). The topological polar surface area (TPSA) is 86.7 Å². The van der Waals surface area contributed by atoms with Gasteiger partial charge in [0.1, 0.15) is 0 Å². The van der Waals surface area contributed by atoms with Crippen LogP contribution >= 0.6 is 0 Å². The van der Waals surface area contributed by atoms with E-state index >= 15 is 0 Å². The molecule has 0 spiro atoms. The molecule has 17 heavy (non-hydrogen) atoms. The predicted molar refractivity (Wildman–Crippen MR) is 62.4 cm³/mol. The fourth-order valence-electron chi connectivity index (χ4n) is 1.14. The predicted octanol–water partition coefficient (Wildman–Crippen LogP) is 0.0818. The second-order valence-corrected chi connectivity index (χ2v) is 4.22. The maximum absolute atomic E-state index is 11.4. The molecule has 0 aliphatic carbocycles. The molecule has 0 aliphatic rings. The fraction of sp³-hybridized carbons (Fsp3) is 0.727. The van der Waals surface area contributed by atoms with Gasteiger partial charge in [0, 0.05) is 26.9 Å². The van der Waals surface area contributed by atoms with Gasteiger partial charge in [0.2, 0.25) is 11.8 Å². The Morgan fingerprint density at radius 3 is 2.41 bits per heavy atom. The van der Waals surface area contributed by atoms with E-state index in [4.69, 9.17) is 5.11 Å². The molecule has 2 N–H and O–H groups in total. The third kappa shape index (κ3) is 8.24. The lowest BCUT2D eigenvalue weighted by Gasteiger charge is -2.16. The van der Waals surface area contributed by atoms with E-state index in [1.54, 1.807) is 7.05 Å². The number of aliphatic carboxylic acids is 1. The van der Waals surface area contributed by atoms with E-state index in [1.165, 1.54) is 11.8 Å². The number of hydrogen-bond acceptors (Lipinski definition) is 3. The van der Waals surface area contributed by atoms with Crippen molar-refractivity contribution in [3.05, 3.63) is 0 Å². The van der Waals surface area contributed by atoms with Gasteiger partial charge in [-0.15, -0.1) is 0 Å². The van der Waals surface area contributed by atoms with E-state index in [0.29, 0.717) is 13.0 Å². The molecule has 0 heterocycles. The minimum Gasteiger partial charge on any atom is -0.481 e. The summed E-state index contributed by atoms with van der Waals surface area (Å²) in [5.41, 5.74) is 0. The number of carboxylic acid groups (broad SMARTS) is 1. The van der Waals surface area contributed by atoms with E-state index in [2.05, 4.69) is 5.32 Å². The minimum atomic E-state index is -0.834. The lowest BCUT2D eigenvalue weighted by molar-refractivity contribution is -0.137. The van der Waals surface area contributed by atoms with E-state index in [9.17, 15) is 14.4 Å². The number of rotatable bonds is 7. The molecule has 0 aromatic carbocycles. The number of likely N-dealkylation sites (N-methyl/N-ethyl adjacent to an activating group) is 1. The van der Waals surface area contributed by atoms with Crippen LogP contribution in [0, 0.1) is 5.92 Å². The Kier molecular flexibility index (Phi) is 6.93. The summed E-state index contributed by atoms with van der Waals surface area (Å²) in [5.74, 6) is -1.12. The highest BCUT2D eigenvalue weighted by Crippen LogP contribution is 2.03. The largest absolute Gasteiger partial charge is 0.481 e. The van der Waals surface area contributed by atoms with Crippen molar-refractivity contribution in [1.29, 1.82) is 0 Å². The quantitative estimate of drug-likeness (QED) is 0.664. The molecule has 0 aromatic heterocycles. The number of amides is 2. The van der Waals surface area contributed by atoms with Crippen LogP contribution < -0.4 is 5.32 Å². The second-order valence-electron chi connectivity index (χ2n) is 4.22. The first kappa shape index (κ1) is 15.4. The zero-order valence-corrected chi connectivity index (χ0v) is 10.5. The first-order chi connectivity index (χ1) is 7.82. The number of nitrogens with one attached hydrogen (secondary N) is 1. The van der Waals surface area contributed by atoms with E-state index in [-0.39, 0.29) is 30.7 Å². The normalized spacial score (nSPS) is 11.7. The highest BCUT2D eigenvalue weighted by molar-refractivity contribution is 5.83. The molecule has 1 unspecified atom stereocenters. The third-order valence-corrected chi connectivity index (χ3v) is 2.42. The second kappa shape index (κ2) is 7.65. The Morgan fingerprint density at radius 1 is 1.35 bits per heavy atom. The molecule has 0 rings (SSSR count). The van der Waals surface area contributed by atoms with Gasteiger partial charge in [0.25, 0.3) is 0 Å². The van der Waals surface area contributed by atoms with Gasteiger partial charge in [0.05, 0.1) is 6.54 Å². The number of carbonyl (C=O) groups is 3. The van der Waals surface area contributed by atoms with Crippen molar-refractivity contribution in [3.63, 3.8) is 0 Å². The summed E-state index contributed by atoms with van der Waals surface area (Å²) in [5, 5.41) is 11.2. The highest BCUT2D eigenvalue weighted by atomic mass is 16.4. The SMILES string of the molecule is CC(=O)N(C)CC(=O)NCC(C)CCC(=O)O. The molecule has 6 nitrogen and oxygen atoms in total. The van der Waals surface area contributed by atoms with Gasteiger partial charge in [-0.3, -0.25) is 14.4 Å². The van der Waals surface area contributed by atoms with Gasteiger partial charge in [0.15, 0.2) is 0 Å². The maximum atomic E-state index is 11.4. The fourth-order valence-corrected chi connectivity index (χ4v) is 1.14. The minimum absolute atomic E-state index is 0.0288. The summed E-state index contributed by atoms with van der Waals surface area (Å²) in [6.07, 6.45) is 0.628. The van der Waals surface area contributed by atoms with Crippen LogP contribution in [0.5, 0.6) is 0 Å².